The molecule has 24 heavy (non-hydrogen) atoms. The molecular weight excluding hydrogens is 302 g/mol. The number of nitrogens with one attached hydrogen (secondary N) is 1. The molecule has 2 aliphatic heterocycles. The number of likely N-dealkylation sites (N-methyl/N-ethyl adjacent to an activating group) is 1. The molecule has 0 aromatic carbocycles. The molecule has 0 unspecified atom stereocenters. The Hall–Kier alpha value is -1.69. The average Bonchev–Trinajstić information content (AvgIpc) is 2.60. The standard InChI is InChI=1S/C18H29N5O/c1-12(2)18(24)23-8-5-6-13(10-23)16-20-15-7-9-22(4)11-14(15)17(19-3)21-16/h12-13H,5-11H2,1-4H3,(H,19,20,21)/t13-/m0/s1. The first-order valence-corrected chi connectivity index (χ1v) is 9.04. The van der Waals surface area contributed by atoms with Crippen LogP contribution in [-0.4, -0.2) is 59.4 Å². The van der Waals surface area contributed by atoms with Gasteiger partial charge in [0.15, 0.2) is 0 Å². The second kappa shape index (κ2) is 7.05. The van der Waals surface area contributed by atoms with Crippen LogP contribution in [0.2, 0.25) is 0 Å². The highest BCUT2D eigenvalue weighted by molar-refractivity contribution is 5.78. The number of hydrogen-bond donors (Lipinski definition) is 1. The quantitative estimate of drug-likeness (QED) is 0.916. The molecule has 1 atom stereocenters. The summed E-state index contributed by atoms with van der Waals surface area (Å²) in [6.07, 6.45) is 3.06. The molecular formula is C18H29N5O. The van der Waals surface area contributed by atoms with E-state index in [1.54, 1.807) is 0 Å². The predicted octanol–water partition coefficient (Wildman–Crippen LogP) is 1.87. The highest BCUT2D eigenvalue weighted by atomic mass is 16.2. The van der Waals surface area contributed by atoms with Crippen LogP contribution in [-0.2, 0) is 17.8 Å². The lowest BCUT2D eigenvalue weighted by Crippen LogP contribution is -2.41. The van der Waals surface area contributed by atoms with Crippen LogP contribution in [0.3, 0.4) is 0 Å². The molecule has 6 heteroatoms. The second-order valence-corrected chi connectivity index (χ2v) is 7.37. The first-order valence-electron chi connectivity index (χ1n) is 9.04. The topological polar surface area (TPSA) is 61.4 Å². The van der Waals surface area contributed by atoms with Gasteiger partial charge in [-0.1, -0.05) is 13.8 Å². The molecule has 0 radical (unpaired) electrons. The lowest BCUT2D eigenvalue weighted by atomic mass is 9.95. The average molecular weight is 331 g/mol. The van der Waals surface area contributed by atoms with Crippen LogP contribution in [0.5, 0.6) is 0 Å². The van der Waals surface area contributed by atoms with E-state index in [0.717, 1.165) is 57.1 Å². The van der Waals surface area contributed by atoms with E-state index >= 15 is 0 Å². The Morgan fingerprint density at radius 3 is 2.79 bits per heavy atom. The monoisotopic (exact) mass is 331 g/mol. The highest BCUT2D eigenvalue weighted by Gasteiger charge is 2.29. The van der Waals surface area contributed by atoms with Crippen LogP contribution in [0.4, 0.5) is 5.82 Å². The van der Waals surface area contributed by atoms with E-state index < -0.39 is 0 Å². The lowest BCUT2D eigenvalue weighted by Gasteiger charge is -2.34. The van der Waals surface area contributed by atoms with Crippen LogP contribution in [0.15, 0.2) is 0 Å². The zero-order valence-corrected chi connectivity index (χ0v) is 15.3. The van der Waals surface area contributed by atoms with Crippen LogP contribution in [0, 0.1) is 5.92 Å². The molecule has 3 heterocycles. The third-order valence-electron chi connectivity index (χ3n) is 5.10. The fourth-order valence-electron chi connectivity index (χ4n) is 3.71. The molecule has 2 aliphatic rings. The Morgan fingerprint density at radius 2 is 2.08 bits per heavy atom. The summed E-state index contributed by atoms with van der Waals surface area (Å²) in [5.74, 6) is 2.40. The maximum Gasteiger partial charge on any atom is 0.225 e. The van der Waals surface area contributed by atoms with Gasteiger partial charge in [0.1, 0.15) is 11.6 Å². The van der Waals surface area contributed by atoms with Gasteiger partial charge in [-0.2, -0.15) is 0 Å². The SMILES string of the molecule is CNc1nc([C@H]2CCCN(C(=O)C(C)C)C2)nc2c1CN(C)CC2. The number of fused-ring (bicyclic) bond motifs is 1. The van der Waals surface area contributed by atoms with Crippen molar-refractivity contribution in [3.05, 3.63) is 17.1 Å². The normalized spacial score (nSPS) is 21.7. The smallest absolute Gasteiger partial charge is 0.225 e. The van der Waals surface area contributed by atoms with Gasteiger partial charge >= 0.3 is 0 Å². The van der Waals surface area contributed by atoms with Gasteiger partial charge in [-0.05, 0) is 19.9 Å². The summed E-state index contributed by atoms with van der Waals surface area (Å²) < 4.78 is 0. The maximum atomic E-state index is 12.3. The van der Waals surface area contributed by atoms with Crippen LogP contribution in [0.1, 0.15) is 49.7 Å². The van der Waals surface area contributed by atoms with Crippen molar-refractivity contribution in [1.82, 2.24) is 19.8 Å². The number of aromatic nitrogens is 2. The summed E-state index contributed by atoms with van der Waals surface area (Å²) in [6, 6.07) is 0. The van der Waals surface area contributed by atoms with Gasteiger partial charge < -0.3 is 15.1 Å². The van der Waals surface area contributed by atoms with E-state index in [1.165, 1.54) is 11.3 Å². The van der Waals surface area contributed by atoms with E-state index in [0.29, 0.717) is 0 Å². The Bertz CT molecular complexity index is 598. The van der Waals surface area contributed by atoms with Crippen molar-refractivity contribution in [2.75, 3.05) is 39.0 Å². The first kappa shape index (κ1) is 17.1. The molecule has 1 aromatic heterocycles. The predicted molar refractivity (Wildman–Crippen MR) is 95.0 cm³/mol. The first-order chi connectivity index (χ1) is 11.5. The van der Waals surface area contributed by atoms with Crippen molar-refractivity contribution in [3.63, 3.8) is 0 Å². The van der Waals surface area contributed by atoms with Crippen molar-refractivity contribution >= 4 is 11.7 Å². The van der Waals surface area contributed by atoms with Crippen LogP contribution in [0.25, 0.3) is 0 Å². The van der Waals surface area contributed by atoms with E-state index in [9.17, 15) is 4.79 Å². The molecule has 0 spiro atoms. The second-order valence-electron chi connectivity index (χ2n) is 7.37. The number of nitrogens with zero attached hydrogens (tertiary/aromatic N) is 4. The third-order valence-corrected chi connectivity index (χ3v) is 5.10. The van der Waals surface area contributed by atoms with Gasteiger partial charge in [0.05, 0.1) is 5.69 Å². The molecule has 1 fully saturated rings. The highest BCUT2D eigenvalue weighted by Crippen LogP contribution is 2.29. The molecule has 132 valence electrons. The number of carbonyl (C=O) groups excluding carboxylic acids is 1. The number of anilines is 1. The Labute approximate surface area is 144 Å². The molecule has 1 N–H and O–H groups in total. The van der Waals surface area contributed by atoms with Crippen molar-refractivity contribution in [2.24, 2.45) is 5.92 Å². The number of hydrogen-bond acceptors (Lipinski definition) is 5. The number of piperidine rings is 1. The molecule has 1 aromatic rings. The van der Waals surface area contributed by atoms with Gasteiger partial charge in [0.2, 0.25) is 5.91 Å². The molecule has 6 nitrogen and oxygen atoms in total. The largest absolute Gasteiger partial charge is 0.373 e. The van der Waals surface area contributed by atoms with Crippen molar-refractivity contribution in [2.45, 2.75) is 45.6 Å². The van der Waals surface area contributed by atoms with Gasteiger partial charge in [-0.25, -0.2) is 9.97 Å². The minimum absolute atomic E-state index is 0.0524. The molecule has 1 amide bonds. The van der Waals surface area contributed by atoms with Crippen molar-refractivity contribution in [3.8, 4) is 0 Å². The molecule has 1 saturated heterocycles. The Kier molecular flexibility index (Phi) is 5.04. The minimum Gasteiger partial charge on any atom is -0.373 e. The number of carbonyl (C=O) groups is 1. The van der Waals surface area contributed by atoms with Crippen LogP contribution >= 0.6 is 0 Å². The van der Waals surface area contributed by atoms with Gasteiger partial charge in [0, 0.05) is 57.0 Å². The van der Waals surface area contributed by atoms with Crippen LogP contribution < -0.4 is 5.32 Å². The number of likely N-dealkylation sites (tertiary alicyclic amines) is 1. The Morgan fingerprint density at radius 1 is 1.29 bits per heavy atom. The zero-order chi connectivity index (χ0) is 17.3. The molecule has 0 aliphatic carbocycles. The fourth-order valence-corrected chi connectivity index (χ4v) is 3.71. The number of amides is 1. The molecule has 0 saturated carbocycles. The summed E-state index contributed by atoms with van der Waals surface area (Å²) in [5.41, 5.74) is 2.40. The van der Waals surface area contributed by atoms with Gasteiger partial charge in [-0.3, -0.25) is 4.79 Å². The fraction of sp³-hybridized carbons (Fsp3) is 0.722. The van der Waals surface area contributed by atoms with Crippen molar-refractivity contribution < 1.29 is 4.79 Å². The minimum atomic E-state index is 0.0524. The summed E-state index contributed by atoms with van der Waals surface area (Å²) in [7, 11) is 4.06. The molecule has 3 rings (SSSR count). The van der Waals surface area contributed by atoms with Gasteiger partial charge in [-0.15, -0.1) is 0 Å². The van der Waals surface area contributed by atoms with E-state index in [1.807, 2.05) is 25.8 Å². The van der Waals surface area contributed by atoms with E-state index in [-0.39, 0.29) is 17.7 Å². The summed E-state index contributed by atoms with van der Waals surface area (Å²) in [6.45, 7) is 7.48. The maximum absolute atomic E-state index is 12.3. The molecule has 0 bridgehead atoms. The summed E-state index contributed by atoms with van der Waals surface area (Å²) in [4.78, 5) is 26.3. The van der Waals surface area contributed by atoms with Crippen molar-refractivity contribution in [1.29, 1.82) is 0 Å². The summed E-state index contributed by atoms with van der Waals surface area (Å²) >= 11 is 0. The third kappa shape index (κ3) is 3.38. The summed E-state index contributed by atoms with van der Waals surface area (Å²) in [5, 5.41) is 3.25. The number of rotatable bonds is 3. The van der Waals surface area contributed by atoms with E-state index in [2.05, 4.69) is 17.3 Å². The zero-order valence-electron chi connectivity index (χ0n) is 15.3. The lowest BCUT2D eigenvalue weighted by molar-refractivity contribution is -0.135. The Balaban J connectivity index is 1.85. The van der Waals surface area contributed by atoms with Gasteiger partial charge in [0.25, 0.3) is 0 Å². The van der Waals surface area contributed by atoms with E-state index in [4.69, 9.17) is 9.97 Å².